The molecule has 1 aliphatic rings. The van der Waals surface area contributed by atoms with Crippen LogP contribution >= 0.6 is 0 Å². The van der Waals surface area contributed by atoms with Crippen molar-refractivity contribution in [3.8, 4) is 5.69 Å². The van der Waals surface area contributed by atoms with E-state index in [1.807, 2.05) is 0 Å². The minimum Gasteiger partial charge on any atom is -0.481 e. The predicted molar refractivity (Wildman–Crippen MR) is 84.5 cm³/mol. The lowest BCUT2D eigenvalue weighted by Gasteiger charge is -2.19. The number of likely N-dealkylation sites (tertiary alicyclic amines) is 1. The molecular formula is C17H18FN3O3. The van der Waals surface area contributed by atoms with E-state index in [1.165, 1.54) is 17.0 Å². The molecule has 6 nitrogen and oxygen atoms in total. The lowest BCUT2D eigenvalue weighted by atomic mass is 9.90. The molecule has 1 amide bonds. The van der Waals surface area contributed by atoms with Crippen molar-refractivity contribution in [1.29, 1.82) is 0 Å². The van der Waals surface area contributed by atoms with Gasteiger partial charge in [-0.2, -0.15) is 5.10 Å². The van der Waals surface area contributed by atoms with Crippen molar-refractivity contribution in [2.24, 2.45) is 5.41 Å². The van der Waals surface area contributed by atoms with Gasteiger partial charge in [0.1, 0.15) is 5.82 Å². The number of amides is 1. The lowest BCUT2D eigenvalue weighted by molar-refractivity contribution is -0.147. The van der Waals surface area contributed by atoms with E-state index in [1.54, 1.807) is 36.7 Å². The molecule has 7 heteroatoms. The summed E-state index contributed by atoms with van der Waals surface area (Å²) in [6, 6.07) is 7.48. The number of benzene rings is 1. The van der Waals surface area contributed by atoms with Crippen LogP contribution in [0, 0.1) is 18.2 Å². The number of carbonyl (C=O) groups is 2. The number of aromatic nitrogens is 2. The number of carboxylic acids is 1. The van der Waals surface area contributed by atoms with Crippen LogP contribution in [-0.2, 0) is 4.79 Å². The van der Waals surface area contributed by atoms with Crippen molar-refractivity contribution in [3.05, 3.63) is 47.5 Å². The summed E-state index contributed by atoms with van der Waals surface area (Å²) in [6.07, 6.45) is 0.422. The fourth-order valence-corrected chi connectivity index (χ4v) is 2.89. The van der Waals surface area contributed by atoms with E-state index in [-0.39, 0.29) is 24.0 Å². The number of rotatable bonds is 3. The summed E-state index contributed by atoms with van der Waals surface area (Å²) in [5, 5.41) is 13.6. The van der Waals surface area contributed by atoms with E-state index in [0.717, 1.165) is 5.69 Å². The molecule has 2 heterocycles. The molecule has 1 aromatic heterocycles. The second-order valence-electron chi connectivity index (χ2n) is 6.40. The minimum absolute atomic E-state index is 0.170. The van der Waals surface area contributed by atoms with Gasteiger partial charge in [-0.3, -0.25) is 9.59 Å². The molecule has 0 radical (unpaired) electrons. The molecule has 1 saturated heterocycles. The van der Waals surface area contributed by atoms with E-state index in [2.05, 4.69) is 5.10 Å². The Hall–Kier alpha value is -2.70. The Labute approximate surface area is 138 Å². The van der Waals surface area contributed by atoms with Crippen LogP contribution in [-0.4, -0.2) is 44.8 Å². The molecule has 2 aromatic rings. The second kappa shape index (κ2) is 5.74. The third kappa shape index (κ3) is 2.77. The number of carbonyl (C=O) groups excluding carboxylic acids is 1. The predicted octanol–water partition coefficient (Wildman–Crippen LogP) is 2.26. The molecular weight excluding hydrogens is 313 g/mol. The first-order valence-corrected chi connectivity index (χ1v) is 7.65. The first kappa shape index (κ1) is 16.2. The Balaban J connectivity index is 1.84. The third-order valence-corrected chi connectivity index (χ3v) is 4.45. The monoisotopic (exact) mass is 331 g/mol. The highest BCUT2D eigenvalue weighted by Gasteiger charge is 2.42. The second-order valence-corrected chi connectivity index (χ2v) is 6.40. The van der Waals surface area contributed by atoms with Gasteiger partial charge in [-0.05, 0) is 50.6 Å². The fourth-order valence-electron chi connectivity index (χ4n) is 2.89. The van der Waals surface area contributed by atoms with Gasteiger partial charge in [0, 0.05) is 18.8 Å². The average Bonchev–Trinajstić information content (AvgIpc) is 3.12. The van der Waals surface area contributed by atoms with Crippen LogP contribution in [0.5, 0.6) is 0 Å². The summed E-state index contributed by atoms with van der Waals surface area (Å²) in [5.41, 5.74) is 0.742. The molecule has 0 saturated carbocycles. The maximum absolute atomic E-state index is 13.0. The molecule has 24 heavy (non-hydrogen) atoms. The summed E-state index contributed by atoms with van der Waals surface area (Å²) >= 11 is 0. The van der Waals surface area contributed by atoms with Crippen LogP contribution in [0.2, 0.25) is 0 Å². The Bertz CT molecular complexity index is 800. The van der Waals surface area contributed by atoms with Crippen molar-refractivity contribution in [2.45, 2.75) is 20.3 Å². The topological polar surface area (TPSA) is 75.4 Å². The Morgan fingerprint density at radius 3 is 2.54 bits per heavy atom. The van der Waals surface area contributed by atoms with Gasteiger partial charge in [0.25, 0.3) is 5.91 Å². The number of hydrogen-bond donors (Lipinski definition) is 1. The number of halogens is 1. The largest absolute Gasteiger partial charge is 0.481 e. The highest BCUT2D eigenvalue weighted by Crippen LogP contribution is 2.31. The van der Waals surface area contributed by atoms with Crippen LogP contribution in [0.4, 0.5) is 4.39 Å². The number of aryl methyl sites for hydroxylation is 1. The fraction of sp³-hybridized carbons (Fsp3) is 0.353. The van der Waals surface area contributed by atoms with E-state index in [9.17, 15) is 19.1 Å². The molecule has 0 aliphatic carbocycles. The van der Waals surface area contributed by atoms with Crippen molar-refractivity contribution < 1.29 is 19.1 Å². The van der Waals surface area contributed by atoms with Crippen molar-refractivity contribution in [1.82, 2.24) is 14.7 Å². The highest BCUT2D eigenvalue weighted by molar-refractivity contribution is 5.93. The zero-order chi connectivity index (χ0) is 17.5. The summed E-state index contributed by atoms with van der Waals surface area (Å²) < 4.78 is 14.6. The van der Waals surface area contributed by atoms with E-state index < -0.39 is 11.4 Å². The van der Waals surface area contributed by atoms with Crippen molar-refractivity contribution in [3.63, 3.8) is 0 Å². The average molecular weight is 331 g/mol. The first-order valence-electron chi connectivity index (χ1n) is 7.65. The highest BCUT2D eigenvalue weighted by atomic mass is 19.1. The smallest absolute Gasteiger partial charge is 0.311 e. The van der Waals surface area contributed by atoms with Crippen LogP contribution in [0.3, 0.4) is 0 Å². The maximum Gasteiger partial charge on any atom is 0.311 e. The summed E-state index contributed by atoms with van der Waals surface area (Å²) in [6.45, 7) is 4.01. The lowest BCUT2D eigenvalue weighted by Crippen LogP contribution is -2.35. The van der Waals surface area contributed by atoms with Gasteiger partial charge in [0.05, 0.1) is 11.1 Å². The molecule has 1 atom stereocenters. The molecule has 0 bridgehead atoms. The summed E-state index contributed by atoms with van der Waals surface area (Å²) in [7, 11) is 0. The molecule has 3 rings (SSSR count). The van der Waals surface area contributed by atoms with Crippen LogP contribution in [0.25, 0.3) is 5.69 Å². The molecule has 1 aromatic carbocycles. The molecule has 0 spiro atoms. The molecule has 126 valence electrons. The van der Waals surface area contributed by atoms with Gasteiger partial charge < -0.3 is 10.0 Å². The Morgan fingerprint density at radius 1 is 1.29 bits per heavy atom. The van der Waals surface area contributed by atoms with Gasteiger partial charge in [-0.1, -0.05) is 0 Å². The van der Waals surface area contributed by atoms with Crippen LogP contribution in [0.15, 0.2) is 30.3 Å². The van der Waals surface area contributed by atoms with Gasteiger partial charge >= 0.3 is 5.97 Å². The van der Waals surface area contributed by atoms with E-state index in [0.29, 0.717) is 18.7 Å². The van der Waals surface area contributed by atoms with Crippen molar-refractivity contribution >= 4 is 11.9 Å². The molecule has 1 unspecified atom stereocenters. The third-order valence-electron chi connectivity index (χ3n) is 4.45. The van der Waals surface area contributed by atoms with Crippen LogP contribution < -0.4 is 0 Å². The summed E-state index contributed by atoms with van der Waals surface area (Å²) in [5.74, 6) is -1.53. The minimum atomic E-state index is -0.912. The number of aliphatic carboxylic acids is 1. The molecule has 1 N–H and O–H groups in total. The normalized spacial score (nSPS) is 20.4. The van der Waals surface area contributed by atoms with E-state index >= 15 is 0 Å². The molecule has 1 aliphatic heterocycles. The number of nitrogens with zero attached hydrogens (tertiary/aromatic N) is 3. The Kier molecular flexibility index (Phi) is 3.87. The zero-order valence-corrected chi connectivity index (χ0v) is 13.5. The number of carboxylic acid groups (broad SMARTS) is 1. The standard InChI is InChI=1S/C17H18FN3O3/c1-11-9-14(19-21(11)13-5-3-12(18)4-6-13)15(22)20-8-7-17(2,10-20)16(23)24/h3-6,9H,7-8,10H2,1-2H3,(H,23,24). The van der Waals surface area contributed by atoms with Gasteiger partial charge in [-0.25, -0.2) is 9.07 Å². The summed E-state index contributed by atoms with van der Waals surface area (Å²) in [4.78, 5) is 25.4. The van der Waals surface area contributed by atoms with E-state index in [4.69, 9.17) is 0 Å². The van der Waals surface area contributed by atoms with Crippen LogP contribution in [0.1, 0.15) is 29.5 Å². The Morgan fingerprint density at radius 2 is 1.96 bits per heavy atom. The number of hydrogen-bond acceptors (Lipinski definition) is 3. The maximum atomic E-state index is 13.0. The SMILES string of the molecule is Cc1cc(C(=O)N2CCC(C)(C(=O)O)C2)nn1-c1ccc(F)cc1. The quantitative estimate of drug-likeness (QED) is 0.936. The van der Waals surface area contributed by atoms with Crippen molar-refractivity contribution in [2.75, 3.05) is 13.1 Å². The molecule has 1 fully saturated rings. The zero-order valence-electron chi connectivity index (χ0n) is 13.5. The van der Waals surface area contributed by atoms with Gasteiger partial charge in [0.15, 0.2) is 5.69 Å². The van der Waals surface area contributed by atoms with Gasteiger partial charge in [0.2, 0.25) is 0 Å². The van der Waals surface area contributed by atoms with Gasteiger partial charge in [-0.15, -0.1) is 0 Å². The first-order chi connectivity index (χ1) is 11.3.